The Labute approximate surface area is 95.3 Å². The van der Waals surface area contributed by atoms with Gasteiger partial charge < -0.3 is 5.43 Å². The molecule has 16 heavy (non-hydrogen) atoms. The van der Waals surface area contributed by atoms with Gasteiger partial charge in [0.1, 0.15) is 4.90 Å². The van der Waals surface area contributed by atoms with E-state index in [2.05, 4.69) is 15.1 Å². The molecule has 0 atom stereocenters. The molecular formula is C9H16N4O2S. The van der Waals surface area contributed by atoms with E-state index in [0.717, 1.165) is 0 Å². The minimum atomic E-state index is -3.55. The van der Waals surface area contributed by atoms with Gasteiger partial charge in [0.25, 0.3) is 0 Å². The molecule has 0 saturated carbocycles. The van der Waals surface area contributed by atoms with Crippen molar-refractivity contribution in [2.24, 2.45) is 11.8 Å². The highest BCUT2D eigenvalue weighted by atomic mass is 32.2. The summed E-state index contributed by atoms with van der Waals surface area (Å²) >= 11 is 0. The lowest BCUT2D eigenvalue weighted by molar-refractivity contribution is 0.560. The highest BCUT2D eigenvalue weighted by Gasteiger charge is 2.18. The van der Waals surface area contributed by atoms with Crippen molar-refractivity contribution >= 4 is 15.8 Å². The first-order valence-electron chi connectivity index (χ1n) is 4.88. The van der Waals surface area contributed by atoms with E-state index in [9.17, 15) is 8.42 Å². The van der Waals surface area contributed by atoms with Crippen molar-refractivity contribution in [2.75, 3.05) is 12.0 Å². The summed E-state index contributed by atoms with van der Waals surface area (Å²) in [6.07, 6.45) is 1.47. The Kier molecular flexibility index (Phi) is 4.22. The largest absolute Gasteiger partial charge is 0.307 e. The summed E-state index contributed by atoms with van der Waals surface area (Å²) in [5, 5.41) is 0. The summed E-state index contributed by atoms with van der Waals surface area (Å²) in [6, 6.07) is 3.00. The summed E-state index contributed by atoms with van der Waals surface area (Å²) in [7, 11) is -3.55. The van der Waals surface area contributed by atoms with Crippen molar-refractivity contribution in [1.82, 2.24) is 9.71 Å². The number of hydrazine groups is 1. The third-order valence-electron chi connectivity index (χ3n) is 1.88. The minimum absolute atomic E-state index is 0.0538. The fourth-order valence-electron chi connectivity index (χ4n) is 1.07. The van der Waals surface area contributed by atoms with Gasteiger partial charge in [0.2, 0.25) is 10.0 Å². The Morgan fingerprint density at radius 2 is 2.19 bits per heavy atom. The maximum Gasteiger partial charge on any atom is 0.244 e. The van der Waals surface area contributed by atoms with E-state index in [4.69, 9.17) is 5.84 Å². The molecule has 0 unspecified atom stereocenters. The molecular weight excluding hydrogens is 228 g/mol. The molecule has 0 bridgehead atoms. The number of rotatable bonds is 5. The van der Waals surface area contributed by atoms with Crippen molar-refractivity contribution in [3.05, 3.63) is 18.3 Å². The van der Waals surface area contributed by atoms with Crippen LogP contribution in [-0.4, -0.2) is 19.9 Å². The first-order chi connectivity index (χ1) is 7.47. The molecule has 1 heterocycles. The van der Waals surface area contributed by atoms with E-state index < -0.39 is 10.0 Å². The van der Waals surface area contributed by atoms with Crippen LogP contribution in [0.25, 0.3) is 0 Å². The SMILES string of the molecule is CC(C)CNS(=O)(=O)c1cccnc1NN. The fourth-order valence-corrected chi connectivity index (χ4v) is 2.40. The van der Waals surface area contributed by atoms with Crippen LogP contribution in [0.4, 0.5) is 5.82 Å². The number of nitrogens with two attached hydrogens (primary N) is 1. The van der Waals surface area contributed by atoms with Crippen molar-refractivity contribution in [3.8, 4) is 0 Å². The molecule has 0 saturated heterocycles. The van der Waals surface area contributed by atoms with E-state index in [1.54, 1.807) is 6.07 Å². The quantitative estimate of drug-likeness (QED) is 0.511. The topological polar surface area (TPSA) is 97.1 Å². The second kappa shape index (κ2) is 5.24. The van der Waals surface area contributed by atoms with E-state index in [1.165, 1.54) is 12.3 Å². The highest BCUT2D eigenvalue weighted by Crippen LogP contribution is 2.16. The van der Waals surface area contributed by atoms with Crippen molar-refractivity contribution in [1.29, 1.82) is 0 Å². The van der Waals surface area contributed by atoms with Gasteiger partial charge in [0.05, 0.1) is 0 Å². The Morgan fingerprint density at radius 1 is 1.50 bits per heavy atom. The van der Waals surface area contributed by atoms with Crippen LogP contribution < -0.4 is 16.0 Å². The van der Waals surface area contributed by atoms with Crippen molar-refractivity contribution < 1.29 is 8.42 Å². The third-order valence-corrected chi connectivity index (χ3v) is 3.33. The lowest BCUT2D eigenvalue weighted by Gasteiger charge is -2.11. The molecule has 1 aromatic heterocycles. The summed E-state index contributed by atoms with van der Waals surface area (Å²) in [4.78, 5) is 3.89. The summed E-state index contributed by atoms with van der Waals surface area (Å²) in [5.74, 6) is 5.57. The molecule has 0 amide bonds. The lowest BCUT2D eigenvalue weighted by Crippen LogP contribution is -2.29. The van der Waals surface area contributed by atoms with Crippen LogP contribution in [0.1, 0.15) is 13.8 Å². The third kappa shape index (κ3) is 3.16. The molecule has 7 heteroatoms. The molecule has 4 N–H and O–H groups in total. The molecule has 1 aromatic rings. The zero-order chi connectivity index (χ0) is 12.2. The molecule has 0 spiro atoms. The van der Waals surface area contributed by atoms with Crippen LogP contribution in [0.3, 0.4) is 0 Å². The number of hydrogen-bond acceptors (Lipinski definition) is 5. The normalized spacial score (nSPS) is 11.8. The van der Waals surface area contributed by atoms with Crippen LogP contribution in [0.5, 0.6) is 0 Å². The lowest BCUT2D eigenvalue weighted by atomic mass is 10.2. The molecule has 0 aromatic carbocycles. The number of sulfonamides is 1. The molecule has 0 fully saturated rings. The van der Waals surface area contributed by atoms with Gasteiger partial charge in [0.15, 0.2) is 5.82 Å². The van der Waals surface area contributed by atoms with Gasteiger partial charge in [-0.1, -0.05) is 13.8 Å². The van der Waals surface area contributed by atoms with Gasteiger partial charge >= 0.3 is 0 Å². The van der Waals surface area contributed by atoms with Crippen LogP contribution in [-0.2, 0) is 10.0 Å². The van der Waals surface area contributed by atoms with Gasteiger partial charge in [-0.15, -0.1) is 0 Å². The summed E-state index contributed by atoms with van der Waals surface area (Å²) in [5.41, 5.74) is 2.26. The maximum absolute atomic E-state index is 11.9. The van der Waals surface area contributed by atoms with Crippen LogP contribution >= 0.6 is 0 Å². The highest BCUT2D eigenvalue weighted by molar-refractivity contribution is 7.89. The van der Waals surface area contributed by atoms with Gasteiger partial charge in [-0.3, -0.25) is 0 Å². The molecule has 0 radical (unpaired) electrons. The van der Waals surface area contributed by atoms with Gasteiger partial charge in [0, 0.05) is 12.7 Å². The number of nitrogens with one attached hydrogen (secondary N) is 2. The Morgan fingerprint density at radius 3 is 2.75 bits per heavy atom. The summed E-state index contributed by atoms with van der Waals surface area (Å²) < 4.78 is 26.2. The monoisotopic (exact) mass is 244 g/mol. The predicted molar refractivity (Wildman–Crippen MR) is 62.1 cm³/mol. The molecule has 0 aliphatic heterocycles. The Balaban J connectivity index is 2.98. The smallest absolute Gasteiger partial charge is 0.244 e. The standard InChI is InChI=1S/C9H16N4O2S/c1-7(2)6-12-16(14,15)8-4-3-5-11-9(8)13-10/h3-5,7,12H,6,10H2,1-2H3,(H,11,13). The molecule has 6 nitrogen and oxygen atoms in total. The number of hydrogen-bond donors (Lipinski definition) is 3. The first kappa shape index (κ1) is 12.9. The van der Waals surface area contributed by atoms with E-state index >= 15 is 0 Å². The minimum Gasteiger partial charge on any atom is -0.307 e. The molecule has 90 valence electrons. The molecule has 0 aliphatic carbocycles. The zero-order valence-electron chi connectivity index (χ0n) is 9.27. The van der Waals surface area contributed by atoms with Crippen molar-refractivity contribution in [3.63, 3.8) is 0 Å². The Hall–Kier alpha value is -1.18. The van der Waals surface area contributed by atoms with Gasteiger partial charge in [-0.2, -0.15) is 0 Å². The van der Waals surface area contributed by atoms with Crippen LogP contribution in [0.2, 0.25) is 0 Å². The number of nitrogen functional groups attached to an aromatic ring is 1. The van der Waals surface area contributed by atoms with Gasteiger partial charge in [-0.25, -0.2) is 24.0 Å². The Bertz CT molecular complexity index is 445. The average molecular weight is 244 g/mol. The second-order valence-corrected chi connectivity index (χ2v) is 5.48. The maximum atomic E-state index is 11.9. The predicted octanol–water partition coefficient (Wildman–Crippen LogP) is 0.302. The molecule has 1 rings (SSSR count). The van der Waals surface area contributed by atoms with Gasteiger partial charge in [-0.05, 0) is 18.1 Å². The van der Waals surface area contributed by atoms with Crippen molar-refractivity contribution in [2.45, 2.75) is 18.7 Å². The average Bonchev–Trinajstić information content (AvgIpc) is 2.26. The van der Waals surface area contributed by atoms with E-state index in [-0.39, 0.29) is 16.6 Å². The molecule has 0 aliphatic rings. The van der Waals surface area contributed by atoms with E-state index in [1.807, 2.05) is 13.8 Å². The first-order valence-corrected chi connectivity index (χ1v) is 6.37. The summed E-state index contributed by atoms with van der Waals surface area (Å²) in [6.45, 7) is 4.23. The number of pyridine rings is 1. The number of nitrogens with zero attached hydrogens (tertiary/aromatic N) is 1. The van der Waals surface area contributed by atoms with E-state index in [0.29, 0.717) is 6.54 Å². The fraction of sp³-hybridized carbons (Fsp3) is 0.444. The van der Waals surface area contributed by atoms with Crippen LogP contribution in [0.15, 0.2) is 23.2 Å². The number of anilines is 1. The van der Waals surface area contributed by atoms with Crippen LogP contribution in [0, 0.1) is 5.92 Å². The zero-order valence-corrected chi connectivity index (χ0v) is 10.1. The number of aromatic nitrogens is 1. The second-order valence-electron chi connectivity index (χ2n) is 3.74.